The molecule has 5 unspecified atom stereocenters. The SMILES string of the molecule is CCCCC1OC2C(C)OC(CC)C2O1. The van der Waals surface area contributed by atoms with E-state index in [9.17, 15) is 0 Å². The summed E-state index contributed by atoms with van der Waals surface area (Å²) in [6, 6.07) is 0. The summed E-state index contributed by atoms with van der Waals surface area (Å²) in [6.07, 6.45) is 5.17. The molecule has 2 fully saturated rings. The normalized spacial score (nSPS) is 44.6. The molecule has 0 aromatic carbocycles. The highest BCUT2D eigenvalue weighted by Gasteiger charge is 2.49. The lowest BCUT2D eigenvalue weighted by Gasteiger charge is -2.17. The highest BCUT2D eigenvalue weighted by Crippen LogP contribution is 2.36. The Bertz CT molecular complexity index is 207. The molecule has 0 bridgehead atoms. The molecule has 3 heteroatoms. The van der Waals surface area contributed by atoms with Gasteiger partial charge in [-0.25, -0.2) is 0 Å². The second-order valence-corrected chi connectivity index (χ2v) is 4.56. The maximum Gasteiger partial charge on any atom is 0.158 e. The lowest BCUT2D eigenvalue weighted by molar-refractivity contribution is -0.129. The van der Waals surface area contributed by atoms with Crippen LogP contribution in [0.5, 0.6) is 0 Å². The fourth-order valence-corrected chi connectivity index (χ4v) is 2.48. The van der Waals surface area contributed by atoms with Gasteiger partial charge in [0.1, 0.15) is 12.2 Å². The molecule has 3 nitrogen and oxygen atoms in total. The summed E-state index contributed by atoms with van der Waals surface area (Å²) in [6.45, 7) is 6.41. The number of ether oxygens (including phenoxy) is 3. The third-order valence-corrected chi connectivity index (χ3v) is 3.36. The van der Waals surface area contributed by atoms with Crippen LogP contribution < -0.4 is 0 Å². The third-order valence-electron chi connectivity index (χ3n) is 3.36. The van der Waals surface area contributed by atoms with Gasteiger partial charge in [-0.05, 0) is 26.2 Å². The molecule has 0 spiro atoms. The summed E-state index contributed by atoms with van der Waals surface area (Å²) >= 11 is 0. The van der Waals surface area contributed by atoms with E-state index >= 15 is 0 Å². The van der Waals surface area contributed by atoms with Crippen LogP contribution in [-0.2, 0) is 14.2 Å². The Balaban J connectivity index is 1.89. The molecule has 2 rings (SSSR count). The molecule has 0 saturated carbocycles. The molecule has 2 aliphatic heterocycles. The van der Waals surface area contributed by atoms with Crippen LogP contribution in [0.3, 0.4) is 0 Å². The van der Waals surface area contributed by atoms with Gasteiger partial charge in [-0.1, -0.05) is 20.3 Å². The van der Waals surface area contributed by atoms with Crippen molar-refractivity contribution in [2.24, 2.45) is 0 Å². The van der Waals surface area contributed by atoms with Gasteiger partial charge >= 0.3 is 0 Å². The molecular weight excluding hydrogens is 192 g/mol. The van der Waals surface area contributed by atoms with Gasteiger partial charge in [-0.2, -0.15) is 0 Å². The van der Waals surface area contributed by atoms with Crippen molar-refractivity contribution in [3.05, 3.63) is 0 Å². The predicted molar refractivity (Wildman–Crippen MR) is 57.7 cm³/mol. The monoisotopic (exact) mass is 214 g/mol. The molecule has 0 aromatic rings. The molecule has 5 atom stereocenters. The summed E-state index contributed by atoms with van der Waals surface area (Å²) in [7, 11) is 0. The second kappa shape index (κ2) is 4.81. The first kappa shape index (κ1) is 11.4. The van der Waals surface area contributed by atoms with Crippen LogP contribution in [0.4, 0.5) is 0 Å². The van der Waals surface area contributed by atoms with Gasteiger partial charge in [0.2, 0.25) is 0 Å². The Morgan fingerprint density at radius 3 is 2.40 bits per heavy atom. The first-order valence-electron chi connectivity index (χ1n) is 6.22. The zero-order chi connectivity index (χ0) is 10.8. The fourth-order valence-electron chi connectivity index (χ4n) is 2.48. The van der Waals surface area contributed by atoms with Crippen molar-refractivity contribution < 1.29 is 14.2 Å². The molecular formula is C12H22O3. The number of fused-ring (bicyclic) bond motifs is 1. The predicted octanol–water partition coefficient (Wildman–Crippen LogP) is 2.48. The quantitative estimate of drug-likeness (QED) is 0.719. The van der Waals surface area contributed by atoms with Crippen molar-refractivity contribution in [1.29, 1.82) is 0 Å². The van der Waals surface area contributed by atoms with Gasteiger partial charge < -0.3 is 14.2 Å². The molecule has 15 heavy (non-hydrogen) atoms. The third kappa shape index (κ3) is 2.19. The zero-order valence-corrected chi connectivity index (χ0v) is 9.94. The summed E-state index contributed by atoms with van der Waals surface area (Å²) in [5, 5.41) is 0. The van der Waals surface area contributed by atoms with Gasteiger partial charge in [0.25, 0.3) is 0 Å². The van der Waals surface area contributed by atoms with E-state index in [0.717, 1.165) is 12.8 Å². The topological polar surface area (TPSA) is 27.7 Å². The number of unbranched alkanes of at least 4 members (excludes halogenated alkanes) is 1. The molecule has 0 aromatic heterocycles. The highest BCUT2D eigenvalue weighted by atomic mass is 16.8. The molecule has 2 heterocycles. The van der Waals surface area contributed by atoms with E-state index in [2.05, 4.69) is 20.8 Å². The molecule has 2 aliphatic rings. The molecule has 0 amide bonds. The minimum atomic E-state index is 0.0142. The Morgan fingerprint density at radius 1 is 1.00 bits per heavy atom. The van der Waals surface area contributed by atoms with Crippen molar-refractivity contribution in [2.75, 3.05) is 0 Å². The minimum Gasteiger partial charge on any atom is -0.370 e. The molecule has 2 saturated heterocycles. The van der Waals surface area contributed by atoms with E-state index in [1.807, 2.05) is 0 Å². The smallest absolute Gasteiger partial charge is 0.158 e. The number of hydrogen-bond acceptors (Lipinski definition) is 3. The van der Waals surface area contributed by atoms with E-state index in [4.69, 9.17) is 14.2 Å². The van der Waals surface area contributed by atoms with Crippen molar-refractivity contribution in [3.8, 4) is 0 Å². The van der Waals surface area contributed by atoms with E-state index in [-0.39, 0.29) is 30.7 Å². The van der Waals surface area contributed by atoms with E-state index < -0.39 is 0 Å². The van der Waals surface area contributed by atoms with Crippen LogP contribution in [0, 0.1) is 0 Å². The summed E-state index contributed by atoms with van der Waals surface area (Å²) in [4.78, 5) is 0. The largest absolute Gasteiger partial charge is 0.370 e. The van der Waals surface area contributed by atoms with Crippen LogP contribution in [0.25, 0.3) is 0 Å². The van der Waals surface area contributed by atoms with Crippen molar-refractivity contribution in [3.63, 3.8) is 0 Å². The van der Waals surface area contributed by atoms with E-state index in [1.165, 1.54) is 12.8 Å². The van der Waals surface area contributed by atoms with Gasteiger partial charge in [0, 0.05) is 0 Å². The second-order valence-electron chi connectivity index (χ2n) is 4.56. The first-order chi connectivity index (χ1) is 7.26. The standard InChI is InChI=1S/C12H22O3/c1-4-6-7-10-14-11-8(3)13-9(5-2)12(11)15-10/h8-12H,4-7H2,1-3H3. The lowest BCUT2D eigenvalue weighted by atomic mass is 10.1. The van der Waals surface area contributed by atoms with Gasteiger partial charge in [0.15, 0.2) is 6.29 Å². The number of rotatable bonds is 4. The first-order valence-corrected chi connectivity index (χ1v) is 6.22. The average Bonchev–Trinajstić information content (AvgIpc) is 2.76. The molecule has 0 radical (unpaired) electrons. The maximum absolute atomic E-state index is 5.91. The Kier molecular flexibility index (Phi) is 3.65. The number of hydrogen-bond donors (Lipinski definition) is 0. The van der Waals surface area contributed by atoms with Crippen LogP contribution in [0.15, 0.2) is 0 Å². The van der Waals surface area contributed by atoms with Crippen LogP contribution in [-0.4, -0.2) is 30.7 Å². The average molecular weight is 214 g/mol. The van der Waals surface area contributed by atoms with Gasteiger partial charge in [-0.3, -0.25) is 0 Å². The summed E-state index contributed by atoms with van der Waals surface area (Å²) < 4.78 is 17.6. The van der Waals surface area contributed by atoms with Crippen LogP contribution in [0.2, 0.25) is 0 Å². The van der Waals surface area contributed by atoms with Crippen molar-refractivity contribution in [1.82, 2.24) is 0 Å². The molecule has 88 valence electrons. The Labute approximate surface area is 92.1 Å². The van der Waals surface area contributed by atoms with Gasteiger partial charge in [-0.15, -0.1) is 0 Å². The minimum absolute atomic E-state index is 0.0142. The van der Waals surface area contributed by atoms with Crippen molar-refractivity contribution >= 4 is 0 Å². The molecule has 0 aliphatic carbocycles. The van der Waals surface area contributed by atoms with Crippen LogP contribution in [0.1, 0.15) is 46.5 Å². The zero-order valence-electron chi connectivity index (χ0n) is 9.94. The molecule has 0 N–H and O–H groups in total. The maximum atomic E-state index is 5.91. The summed E-state index contributed by atoms with van der Waals surface area (Å²) in [5.41, 5.74) is 0. The highest BCUT2D eigenvalue weighted by molar-refractivity contribution is 4.93. The van der Waals surface area contributed by atoms with Gasteiger partial charge in [0.05, 0.1) is 12.2 Å². The van der Waals surface area contributed by atoms with E-state index in [1.54, 1.807) is 0 Å². The van der Waals surface area contributed by atoms with Crippen molar-refractivity contribution in [2.45, 2.75) is 77.2 Å². The fraction of sp³-hybridized carbons (Fsp3) is 1.00. The van der Waals surface area contributed by atoms with E-state index in [0.29, 0.717) is 0 Å². The Morgan fingerprint density at radius 2 is 1.73 bits per heavy atom. The summed E-state index contributed by atoms with van der Waals surface area (Å²) in [5.74, 6) is 0. The van der Waals surface area contributed by atoms with Crippen LogP contribution >= 0.6 is 0 Å². The Hall–Kier alpha value is -0.120. The lowest BCUT2D eigenvalue weighted by Crippen LogP contribution is -2.28.